The van der Waals surface area contributed by atoms with Crippen LogP contribution < -0.4 is 0 Å². The molecule has 0 amide bonds. The molecule has 0 aromatic heterocycles. The molecule has 0 aliphatic carbocycles. The van der Waals surface area contributed by atoms with E-state index in [1.54, 1.807) is 6.92 Å². The summed E-state index contributed by atoms with van der Waals surface area (Å²) >= 11 is 0. The predicted molar refractivity (Wildman–Crippen MR) is 272 cm³/mol. The van der Waals surface area contributed by atoms with Gasteiger partial charge in [0.2, 0.25) is 0 Å². The molecule has 5 fully saturated rings. The average molecular weight is 1000 g/mol. The molecular formula is C53H105N5O12. The van der Waals surface area contributed by atoms with Crippen LogP contribution in [-0.4, -0.2) is 191 Å². The fourth-order valence-corrected chi connectivity index (χ4v) is 13.9. The molecule has 5 aliphatic heterocycles. The van der Waals surface area contributed by atoms with Crippen molar-refractivity contribution >= 4 is 0 Å². The number of rotatable bonds is 15. The summed E-state index contributed by atoms with van der Waals surface area (Å²) in [7, 11) is 0. The van der Waals surface area contributed by atoms with Crippen LogP contribution in [0.3, 0.4) is 0 Å². The highest BCUT2D eigenvalue weighted by Crippen LogP contribution is 2.44. The zero-order chi connectivity index (χ0) is 53.9. The summed E-state index contributed by atoms with van der Waals surface area (Å²) < 4.78 is 0. The number of hydrogen-bond acceptors (Lipinski definition) is 17. The predicted octanol–water partition coefficient (Wildman–Crippen LogP) is 6.18. The number of hydrogen-bond donors (Lipinski definition) is 7. The van der Waals surface area contributed by atoms with Crippen molar-refractivity contribution in [1.29, 1.82) is 0 Å². The van der Waals surface area contributed by atoms with Gasteiger partial charge in [0.25, 0.3) is 0 Å². The minimum Gasteiger partial charge on any atom is -0.393 e. The third kappa shape index (κ3) is 15.3. The topological polar surface area (TPSA) is 204 Å². The summed E-state index contributed by atoms with van der Waals surface area (Å²) in [6.45, 7) is 42.5. The van der Waals surface area contributed by atoms with E-state index in [2.05, 4.69) is 0 Å². The van der Waals surface area contributed by atoms with E-state index in [-0.39, 0.29) is 67.4 Å². The zero-order valence-electron chi connectivity index (χ0n) is 47.9. The van der Waals surface area contributed by atoms with E-state index in [0.29, 0.717) is 64.2 Å². The lowest BCUT2D eigenvalue weighted by atomic mass is 9.80. The van der Waals surface area contributed by atoms with Crippen LogP contribution in [0.15, 0.2) is 0 Å². The number of aliphatic hydroxyl groups excluding tert-OH is 5. The largest absolute Gasteiger partial charge is 0.393 e. The molecule has 0 bridgehead atoms. The molecule has 17 heteroatoms. The average Bonchev–Trinajstić information content (AvgIpc) is 3.05. The molecule has 414 valence electrons. The van der Waals surface area contributed by atoms with Crippen LogP contribution in [0.4, 0.5) is 0 Å². The Labute approximate surface area is 423 Å². The van der Waals surface area contributed by atoms with Gasteiger partial charge in [0, 0.05) is 55.4 Å². The van der Waals surface area contributed by atoms with Gasteiger partial charge in [0.1, 0.15) is 31.0 Å². The Kier molecular flexibility index (Phi) is 18.6. The minimum absolute atomic E-state index is 0.0788. The van der Waals surface area contributed by atoms with Crippen molar-refractivity contribution in [3.63, 3.8) is 0 Å². The maximum absolute atomic E-state index is 12.2. The first-order valence-electron chi connectivity index (χ1n) is 26.2. The highest BCUT2D eigenvalue weighted by molar-refractivity contribution is 5.02. The van der Waals surface area contributed by atoms with Crippen LogP contribution >= 0.6 is 0 Å². The third-order valence-electron chi connectivity index (χ3n) is 15.2. The van der Waals surface area contributed by atoms with Gasteiger partial charge in [-0.3, -0.25) is 24.2 Å². The van der Waals surface area contributed by atoms with Crippen molar-refractivity contribution in [3.8, 4) is 0 Å². The summed E-state index contributed by atoms with van der Waals surface area (Å²) in [6, 6.07) is 0. The first-order chi connectivity index (χ1) is 31.2. The van der Waals surface area contributed by atoms with Crippen molar-refractivity contribution in [3.05, 3.63) is 0 Å². The summed E-state index contributed by atoms with van der Waals surface area (Å²) in [5, 5.41) is 84.6. The van der Waals surface area contributed by atoms with Gasteiger partial charge in [-0.25, -0.2) is 0 Å². The van der Waals surface area contributed by atoms with Crippen molar-refractivity contribution in [2.75, 3.05) is 33.0 Å². The maximum atomic E-state index is 12.2. The van der Waals surface area contributed by atoms with E-state index in [9.17, 15) is 35.7 Å². The van der Waals surface area contributed by atoms with Crippen molar-refractivity contribution in [2.24, 2.45) is 0 Å². The van der Waals surface area contributed by atoms with Crippen molar-refractivity contribution in [2.45, 2.75) is 307 Å². The fraction of sp³-hybridized carbons (Fsp3) is 1.00. The summed E-state index contributed by atoms with van der Waals surface area (Å²) in [5.41, 5.74) is -6.82. The SMILES string of the molecule is CC(O)(CON1C(C)(C)CC(O)CC1(C)C)CON1C(C)(C)CC(O)CC1(C)C.CC1(C)CC(O)CC(C)(C)N1OCC(O)(CON1C(C)(C)CC(O)CC1(C)C)CON1C(C)(C)CC(O)CC1(C)C. The van der Waals surface area contributed by atoms with Crippen LogP contribution in [0.5, 0.6) is 0 Å². The van der Waals surface area contributed by atoms with E-state index in [4.69, 9.17) is 24.2 Å². The van der Waals surface area contributed by atoms with E-state index in [1.807, 2.05) is 164 Å². The van der Waals surface area contributed by atoms with Crippen LogP contribution in [0.25, 0.3) is 0 Å². The lowest BCUT2D eigenvalue weighted by molar-refractivity contribution is -0.357. The molecule has 0 aromatic rings. The molecule has 0 spiro atoms. The van der Waals surface area contributed by atoms with Gasteiger partial charge in [-0.05, 0) is 210 Å². The van der Waals surface area contributed by atoms with E-state index in [1.165, 1.54) is 0 Å². The number of piperidine rings is 5. The second-order valence-corrected chi connectivity index (χ2v) is 29.0. The van der Waals surface area contributed by atoms with Gasteiger partial charge < -0.3 is 35.7 Å². The zero-order valence-corrected chi connectivity index (χ0v) is 47.9. The molecule has 0 aromatic carbocycles. The second-order valence-electron chi connectivity index (χ2n) is 29.0. The highest BCUT2D eigenvalue weighted by Gasteiger charge is 2.53. The Bertz CT molecular complexity index is 1470. The molecule has 5 saturated heterocycles. The standard InChI is InChI=1S/C31H61N3O7.C22H44N2O5/c1-25(2)13-22(35)14-26(3,4)32(25)39-19-31(38,20-40-33-27(5,6)15-23(36)16-28(33,7)8)21-41-34-29(9,10)17-24(37)18-30(34,11)12;1-18(2)10-16(25)11-19(3,4)23(18)28-14-22(9,27)15-29-24-20(5,6)12-17(26)13-21(24,7)8/h22-24,35-38H,13-21H2,1-12H3;16-17,25-27H,10-15H2,1-9H3. The Morgan fingerprint density at radius 3 is 0.571 bits per heavy atom. The normalized spacial score (nSPS) is 29.1. The van der Waals surface area contributed by atoms with Crippen LogP contribution in [0.2, 0.25) is 0 Å². The van der Waals surface area contributed by atoms with Crippen LogP contribution in [-0.2, 0) is 24.2 Å². The molecule has 5 aliphatic rings. The lowest BCUT2D eigenvalue weighted by Crippen LogP contribution is -2.65. The fourth-order valence-electron chi connectivity index (χ4n) is 13.9. The molecule has 70 heavy (non-hydrogen) atoms. The van der Waals surface area contributed by atoms with E-state index >= 15 is 0 Å². The molecule has 17 nitrogen and oxygen atoms in total. The Morgan fingerprint density at radius 1 is 0.300 bits per heavy atom. The highest BCUT2D eigenvalue weighted by atomic mass is 16.7. The first-order valence-corrected chi connectivity index (χ1v) is 26.2. The molecule has 0 atom stereocenters. The van der Waals surface area contributed by atoms with Crippen LogP contribution in [0.1, 0.15) is 210 Å². The van der Waals surface area contributed by atoms with Crippen LogP contribution in [0, 0.1) is 0 Å². The van der Waals surface area contributed by atoms with Crippen molar-refractivity contribution < 1.29 is 59.9 Å². The molecule has 0 unspecified atom stereocenters. The quantitative estimate of drug-likeness (QED) is 0.0979. The smallest absolute Gasteiger partial charge is 0.140 e. The Morgan fingerprint density at radius 2 is 0.429 bits per heavy atom. The van der Waals surface area contributed by atoms with Gasteiger partial charge in [0.15, 0.2) is 0 Å². The molecular weight excluding hydrogens is 899 g/mol. The molecule has 7 N–H and O–H groups in total. The number of hydroxylamine groups is 10. The number of aliphatic hydroxyl groups is 7. The van der Waals surface area contributed by atoms with Crippen molar-refractivity contribution in [1.82, 2.24) is 25.3 Å². The van der Waals surface area contributed by atoms with E-state index in [0.717, 1.165) is 0 Å². The van der Waals surface area contributed by atoms with Gasteiger partial charge >= 0.3 is 0 Å². The molecule has 0 radical (unpaired) electrons. The number of nitrogens with zero attached hydrogens (tertiary/aromatic N) is 5. The summed E-state index contributed by atoms with van der Waals surface area (Å²) in [4.78, 5) is 31.6. The summed E-state index contributed by atoms with van der Waals surface area (Å²) in [6.07, 6.45) is 3.80. The van der Waals surface area contributed by atoms with Gasteiger partial charge in [-0.15, -0.1) is 0 Å². The lowest BCUT2D eigenvalue weighted by Gasteiger charge is -2.55. The van der Waals surface area contributed by atoms with E-state index < -0.39 is 62.7 Å². The second kappa shape index (κ2) is 21.0. The molecule has 0 saturated carbocycles. The monoisotopic (exact) mass is 1000 g/mol. The summed E-state index contributed by atoms with van der Waals surface area (Å²) in [5.74, 6) is 0. The van der Waals surface area contributed by atoms with Gasteiger partial charge in [0.05, 0.1) is 43.7 Å². The Hall–Kier alpha value is -0.680. The minimum atomic E-state index is -1.54. The molecule has 5 rings (SSSR count). The molecule has 5 heterocycles. The van der Waals surface area contributed by atoms with Gasteiger partial charge in [-0.2, -0.15) is 25.3 Å². The third-order valence-corrected chi connectivity index (χ3v) is 15.2. The van der Waals surface area contributed by atoms with Gasteiger partial charge in [-0.1, -0.05) is 0 Å². The first kappa shape index (κ1) is 61.9. The maximum Gasteiger partial charge on any atom is 0.140 e. The Balaban J connectivity index is 0.000000323.